The van der Waals surface area contributed by atoms with E-state index in [-0.39, 0.29) is 0 Å². The number of ether oxygens (including phenoxy) is 2. The van der Waals surface area contributed by atoms with Crippen molar-refractivity contribution >= 4 is 27.7 Å². The fourth-order valence-corrected chi connectivity index (χ4v) is 4.39. The van der Waals surface area contributed by atoms with Gasteiger partial charge in [-0.05, 0) is 66.2 Å². The summed E-state index contributed by atoms with van der Waals surface area (Å²) in [6.45, 7) is 1.78. The van der Waals surface area contributed by atoms with E-state index >= 15 is 0 Å². The molecule has 1 saturated carbocycles. The molecule has 2 aromatic rings. The molecular formula is C22H32BrN5O2. The first-order chi connectivity index (χ1) is 14.5. The maximum Gasteiger partial charge on any atom is 0.224 e. The Morgan fingerprint density at radius 1 is 1.10 bits per heavy atom. The molecule has 8 heteroatoms. The Balaban J connectivity index is 1.44. The van der Waals surface area contributed by atoms with Gasteiger partial charge in [0.2, 0.25) is 5.95 Å². The third-order valence-corrected chi connectivity index (χ3v) is 6.20. The third-order valence-electron chi connectivity index (χ3n) is 5.58. The van der Waals surface area contributed by atoms with Crippen LogP contribution in [0.4, 0.5) is 11.8 Å². The van der Waals surface area contributed by atoms with Crippen molar-refractivity contribution < 1.29 is 9.47 Å². The monoisotopic (exact) mass is 477 g/mol. The molecule has 0 radical (unpaired) electrons. The van der Waals surface area contributed by atoms with Crippen molar-refractivity contribution in [1.29, 1.82) is 0 Å². The quantitative estimate of drug-likeness (QED) is 0.563. The summed E-state index contributed by atoms with van der Waals surface area (Å²) >= 11 is 3.56. The summed E-state index contributed by atoms with van der Waals surface area (Å²) in [5, 5.41) is 7.11. The van der Waals surface area contributed by atoms with Gasteiger partial charge in [-0.15, -0.1) is 0 Å². The molecule has 1 aromatic heterocycles. The summed E-state index contributed by atoms with van der Waals surface area (Å²) in [6.07, 6.45) is 6.48. The Bertz CT molecular complexity index is 825. The molecule has 1 heterocycles. The highest BCUT2D eigenvalue weighted by molar-refractivity contribution is 9.10. The van der Waals surface area contributed by atoms with Gasteiger partial charge in [0, 0.05) is 44.5 Å². The van der Waals surface area contributed by atoms with Gasteiger partial charge in [-0.25, -0.2) is 4.98 Å². The predicted molar refractivity (Wildman–Crippen MR) is 125 cm³/mol. The molecule has 7 nitrogen and oxygen atoms in total. The van der Waals surface area contributed by atoms with E-state index in [9.17, 15) is 0 Å². The molecule has 0 spiro atoms. The molecule has 0 aliphatic heterocycles. The number of methoxy groups -OCH3 is 2. The highest BCUT2D eigenvalue weighted by Crippen LogP contribution is 2.33. The van der Waals surface area contributed by atoms with Crippen LogP contribution in [0.3, 0.4) is 0 Å². The molecule has 0 bridgehead atoms. The van der Waals surface area contributed by atoms with Crippen molar-refractivity contribution in [1.82, 2.24) is 15.3 Å². The van der Waals surface area contributed by atoms with Crippen LogP contribution in [-0.2, 0) is 6.54 Å². The molecule has 30 heavy (non-hydrogen) atoms. The molecule has 1 aliphatic rings. The predicted octanol–water partition coefficient (Wildman–Crippen LogP) is 4.08. The maximum absolute atomic E-state index is 5.52. The molecule has 0 atom stereocenters. The Morgan fingerprint density at radius 3 is 2.50 bits per heavy atom. The van der Waals surface area contributed by atoms with Crippen LogP contribution < -0.4 is 25.0 Å². The summed E-state index contributed by atoms with van der Waals surface area (Å²) in [4.78, 5) is 10.9. The van der Waals surface area contributed by atoms with Gasteiger partial charge in [0.15, 0.2) is 0 Å². The highest BCUT2D eigenvalue weighted by Gasteiger charge is 2.22. The number of hydrogen-bond acceptors (Lipinski definition) is 7. The number of rotatable bonds is 9. The zero-order valence-corrected chi connectivity index (χ0v) is 19.8. The van der Waals surface area contributed by atoms with Gasteiger partial charge < -0.3 is 25.0 Å². The fraction of sp³-hybridized carbons (Fsp3) is 0.545. The van der Waals surface area contributed by atoms with E-state index in [1.165, 1.54) is 12.8 Å². The summed E-state index contributed by atoms with van der Waals surface area (Å²) in [5.74, 6) is 3.95. The topological polar surface area (TPSA) is 71.5 Å². The van der Waals surface area contributed by atoms with Gasteiger partial charge >= 0.3 is 0 Å². The number of aromatic nitrogens is 2. The normalized spacial score (nSPS) is 18.7. The van der Waals surface area contributed by atoms with Gasteiger partial charge in [-0.3, -0.25) is 0 Å². The van der Waals surface area contributed by atoms with E-state index < -0.39 is 0 Å². The molecular weight excluding hydrogens is 446 g/mol. The molecule has 1 aliphatic carbocycles. The smallest absolute Gasteiger partial charge is 0.224 e. The van der Waals surface area contributed by atoms with Crippen LogP contribution in [0, 0.1) is 5.92 Å². The second-order valence-corrected chi connectivity index (χ2v) is 8.78. The molecule has 0 amide bonds. The van der Waals surface area contributed by atoms with E-state index in [0.717, 1.165) is 59.2 Å². The SMILES string of the molecule is COc1cc(OC)c(CNCC2CCC(Nc3nccc(N(C)C)n3)CC2)cc1Br. The van der Waals surface area contributed by atoms with Crippen LogP contribution in [-0.4, -0.2) is 50.9 Å². The number of nitrogens with one attached hydrogen (secondary N) is 2. The van der Waals surface area contributed by atoms with E-state index in [4.69, 9.17) is 9.47 Å². The standard InChI is InChI=1S/C22H32BrN5O2/c1-28(2)21-9-10-25-22(27-21)26-17-7-5-15(6-8-17)13-24-14-16-11-18(23)20(30-4)12-19(16)29-3/h9-12,15,17,24H,5-8,13-14H2,1-4H3,(H,25,26,27). The number of nitrogens with zero attached hydrogens (tertiary/aromatic N) is 3. The average Bonchev–Trinajstić information content (AvgIpc) is 2.75. The number of benzene rings is 1. The first-order valence-electron chi connectivity index (χ1n) is 10.4. The lowest BCUT2D eigenvalue weighted by Crippen LogP contribution is -2.31. The molecule has 164 valence electrons. The van der Waals surface area contributed by atoms with Crippen LogP contribution in [0.15, 0.2) is 28.9 Å². The van der Waals surface area contributed by atoms with E-state index in [1.54, 1.807) is 14.2 Å². The van der Waals surface area contributed by atoms with Gasteiger partial charge in [0.25, 0.3) is 0 Å². The summed E-state index contributed by atoms with van der Waals surface area (Å²) in [7, 11) is 7.33. The molecule has 0 saturated heterocycles. The van der Waals surface area contributed by atoms with Crippen molar-refractivity contribution in [2.24, 2.45) is 5.92 Å². The Morgan fingerprint density at radius 2 is 1.83 bits per heavy atom. The summed E-state index contributed by atoms with van der Waals surface area (Å²) < 4.78 is 11.8. The minimum absolute atomic E-state index is 0.441. The lowest BCUT2D eigenvalue weighted by Gasteiger charge is -2.29. The second kappa shape index (κ2) is 10.8. The van der Waals surface area contributed by atoms with E-state index in [0.29, 0.717) is 12.0 Å². The Hall–Kier alpha value is -2.06. The van der Waals surface area contributed by atoms with Crippen LogP contribution in [0.2, 0.25) is 0 Å². The number of anilines is 2. The minimum Gasteiger partial charge on any atom is -0.496 e. The van der Waals surface area contributed by atoms with E-state index in [1.807, 2.05) is 37.3 Å². The largest absolute Gasteiger partial charge is 0.496 e. The van der Waals surface area contributed by atoms with Crippen molar-refractivity contribution in [2.75, 3.05) is 45.1 Å². The maximum atomic E-state index is 5.52. The van der Waals surface area contributed by atoms with E-state index in [2.05, 4.69) is 42.6 Å². The fourth-order valence-electron chi connectivity index (χ4n) is 3.83. The molecule has 2 N–H and O–H groups in total. The first-order valence-corrected chi connectivity index (χ1v) is 11.2. The van der Waals surface area contributed by atoms with Crippen molar-refractivity contribution in [2.45, 2.75) is 38.3 Å². The Labute approximate surface area is 187 Å². The zero-order chi connectivity index (χ0) is 21.5. The molecule has 0 unspecified atom stereocenters. The Kier molecular flexibility index (Phi) is 8.16. The lowest BCUT2D eigenvalue weighted by molar-refractivity contribution is 0.322. The summed E-state index contributed by atoms with van der Waals surface area (Å²) in [6, 6.07) is 6.35. The number of hydrogen-bond donors (Lipinski definition) is 2. The first kappa shape index (κ1) is 22.6. The number of halogens is 1. The van der Waals surface area contributed by atoms with Crippen molar-refractivity contribution in [3.05, 3.63) is 34.4 Å². The highest BCUT2D eigenvalue weighted by atomic mass is 79.9. The van der Waals surface area contributed by atoms with Crippen molar-refractivity contribution in [3.63, 3.8) is 0 Å². The van der Waals surface area contributed by atoms with Gasteiger partial charge in [-0.1, -0.05) is 0 Å². The van der Waals surface area contributed by atoms with Crippen LogP contribution in [0.25, 0.3) is 0 Å². The molecule has 1 aromatic carbocycles. The van der Waals surface area contributed by atoms with Crippen LogP contribution >= 0.6 is 15.9 Å². The zero-order valence-electron chi connectivity index (χ0n) is 18.2. The molecule has 3 rings (SSSR count). The van der Waals surface area contributed by atoms with Crippen LogP contribution in [0.5, 0.6) is 11.5 Å². The lowest BCUT2D eigenvalue weighted by atomic mass is 9.86. The minimum atomic E-state index is 0.441. The second-order valence-electron chi connectivity index (χ2n) is 7.92. The third kappa shape index (κ3) is 5.98. The average molecular weight is 478 g/mol. The van der Waals surface area contributed by atoms with Crippen molar-refractivity contribution in [3.8, 4) is 11.5 Å². The van der Waals surface area contributed by atoms with Gasteiger partial charge in [0.1, 0.15) is 17.3 Å². The summed E-state index contributed by atoms with van der Waals surface area (Å²) in [5.41, 5.74) is 1.12. The molecule has 1 fully saturated rings. The van der Waals surface area contributed by atoms with Gasteiger partial charge in [0.05, 0.1) is 18.7 Å². The van der Waals surface area contributed by atoms with Gasteiger partial charge in [-0.2, -0.15) is 4.98 Å². The van der Waals surface area contributed by atoms with Crippen LogP contribution in [0.1, 0.15) is 31.2 Å².